The van der Waals surface area contributed by atoms with E-state index >= 15 is 0 Å². The maximum Gasteiger partial charge on any atom is 0.121 e. The molecular formula is C15H24O. The summed E-state index contributed by atoms with van der Waals surface area (Å²) in [6.45, 7) is 8.72. The minimum absolute atomic E-state index is 0.534. The summed E-state index contributed by atoms with van der Waals surface area (Å²) in [5.41, 5.74) is 3.60. The van der Waals surface area contributed by atoms with E-state index in [1.807, 2.05) is 0 Å². The predicted molar refractivity (Wildman–Crippen MR) is 70.2 cm³/mol. The Kier molecular flexibility index (Phi) is 4.85. The Morgan fingerprint density at radius 1 is 1.00 bits per heavy atom. The molecule has 0 atom stereocenters. The Hall–Kier alpha value is -0.980. The number of aromatic hydroxyl groups is 1. The normalized spacial score (nSPS) is 11.1. The minimum Gasteiger partial charge on any atom is -0.507 e. The summed E-state index contributed by atoms with van der Waals surface area (Å²) in [4.78, 5) is 0. The standard InChI is InChI=1S/C15H24O/c1-5-7-12-9-14(11(3)4)10-13(8-6-2)15(12)16/h9-11,16H,5-8H2,1-4H3. The van der Waals surface area contributed by atoms with Gasteiger partial charge in [-0.25, -0.2) is 0 Å². The van der Waals surface area contributed by atoms with E-state index in [-0.39, 0.29) is 0 Å². The van der Waals surface area contributed by atoms with Crippen molar-refractivity contribution in [2.75, 3.05) is 0 Å². The van der Waals surface area contributed by atoms with Crippen LogP contribution in [0.4, 0.5) is 0 Å². The molecule has 1 aromatic carbocycles. The highest BCUT2D eigenvalue weighted by Crippen LogP contribution is 2.29. The van der Waals surface area contributed by atoms with E-state index in [1.165, 1.54) is 5.56 Å². The first-order valence-corrected chi connectivity index (χ1v) is 6.44. The average Bonchev–Trinajstić information content (AvgIpc) is 2.24. The molecule has 16 heavy (non-hydrogen) atoms. The Bertz CT molecular complexity index is 312. The van der Waals surface area contributed by atoms with Crippen LogP contribution in [0, 0.1) is 0 Å². The van der Waals surface area contributed by atoms with Crippen molar-refractivity contribution in [3.8, 4) is 5.75 Å². The molecule has 0 aliphatic heterocycles. The largest absolute Gasteiger partial charge is 0.507 e. The SMILES string of the molecule is CCCc1cc(C(C)C)cc(CCC)c1O. The highest BCUT2D eigenvalue weighted by Gasteiger charge is 2.10. The van der Waals surface area contributed by atoms with E-state index < -0.39 is 0 Å². The number of aryl methyl sites for hydroxylation is 2. The molecule has 0 aliphatic rings. The first-order valence-electron chi connectivity index (χ1n) is 6.44. The van der Waals surface area contributed by atoms with Gasteiger partial charge in [0.05, 0.1) is 0 Å². The van der Waals surface area contributed by atoms with Crippen molar-refractivity contribution in [3.63, 3.8) is 0 Å². The van der Waals surface area contributed by atoms with E-state index in [4.69, 9.17) is 0 Å². The summed E-state index contributed by atoms with van der Waals surface area (Å²) in [5, 5.41) is 10.2. The zero-order valence-corrected chi connectivity index (χ0v) is 11.0. The summed E-state index contributed by atoms with van der Waals surface area (Å²) in [7, 11) is 0. The first-order chi connectivity index (χ1) is 7.60. The van der Waals surface area contributed by atoms with Crippen molar-refractivity contribution in [2.45, 2.75) is 59.3 Å². The van der Waals surface area contributed by atoms with Gasteiger partial charge in [-0.05, 0) is 35.4 Å². The Balaban J connectivity index is 3.16. The van der Waals surface area contributed by atoms with Gasteiger partial charge in [-0.3, -0.25) is 0 Å². The van der Waals surface area contributed by atoms with Crippen LogP contribution in [0.2, 0.25) is 0 Å². The van der Waals surface area contributed by atoms with Crippen LogP contribution in [-0.4, -0.2) is 5.11 Å². The third-order valence-electron chi connectivity index (χ3n) is 3.00. The number of hydrogen-bond acceptors (Lipinski definition) is 1. The fraction of sp³-hybridized carbons (Fsp3) is 0.600. The maximum atomic E-state index is 10.2. The molecule has 0 spiro atoms. The van der Waals surface area contributed by atoms with Crippen molar-refractivity contribution in [3.05, 3.63) is 28.8 Å². The van der Waals surface area contributed by atoms with Crippen molar-refractivity contribution in [1.82, 2.24) is 0 Å². The summed E-state index contributed by atoms with van der Waals surface area (Å²) in [5.74, 6) is 1.07. The molecule has 0 bridgehead atoms. The van der Waals surface area contributed by atoms with Crippen LogP contribution in [0.25, 0.3) is 0 Å². The van der Waals surface area contributed by atoms with Crippen LogP contribution in [0.5, 0.6) is 5.75 Å². The van der Waals surface area contributed by atoms with E-state index in [2.05, 4.69) is 39.8 Å². The van der Waals surface area contributed by atoms with Gasteiger partial charge in [0.25, 0.3) is 0 Å². The van der Waals surface area contributed by atoms with Gasteiger partial charge in [0.15, 0.2) is 0 Å². The molecule has 0 aliphatic carbocycles. The quantitative estimate of drug-likeness (QED) is 0.778. The minimum atomic E-state index is 0.534. The summed E-state index contributed by atoms with van der Waals surface area (Å²) < 4.78 is 0. The molecule has 0 fully saturated rings. The molecule has 1 rings (SSSR count). The molecule has 0 saturated carbocycles. The monoisotopic (exact) mass is 220 g/mol. The van der Waals surface area contributed by atoms with Crippen molar-refractivity contribution >= 4 is 0 Å². The second-order valence-corrected chi connectivity index (χ2v) is 4.84. The van der Waals surface area contributed by atoms with Crippen LogP contribution in [0.3, 0.4) is 0 Å². The molecule has 1 heteroatoms. The Labute approximate surface area is 99.5 Å². The zero-order valence-electron chi connectivity index (χ0n) is 11.0. The number of benzene rings is 1. The van der Waals surface area contributed by atoms with Crippen LogP contribution < -0.4 is 0 Å². The summed E-state index contributed by atoms with van der Waals surface area (Å²) in [6.07, 6.45) is 4.12. The number of phenols is 1. The van der Waals surface area contributed by atoms with Gasteiger partial charge in [0.1, 0.15) is 5.75 Å². The van der Waals surface area contributed by atoms with Crippen LogP contribution in [0.1, 0.15) is 63.1 Å². The molecule has 0 saturated heterocycles. The topological polar surface area (TPSA) is 20.2 Å². The van der Waals surface area contributed by atoms with Crippen molar-refractivity contribution < 1.29 is 5.11 Å². The van der Waals surface area contributed by atoms with E-state index in [0.717, 1.165) is 36.8 Å². The average molecular weight is 220 g/mol. The van der Waals surface area contributed by atoms with Crippen LogP contribution in [-0.2, 0) is 12.8 Å². The third kappa shape index (κ3) is 3.01. The van der Waals surface area contributed by atoms with Gasteiger partial charge in [0, 0.05) is 0 Å². The molecule has 1 nitrogen and oxygen atoms in total. The first kappa shape index (κ1) is 13.1. The van der Waals surface area contributed by atoms with Crippen LogP contribution in [0.15, 0.2) is 12.1 Å². The van der Waals surface area contributed by atoms with Gasteiger partial charge in [-0.15, -0.1) is 0 Å². The lowest BCUT2D eigenvalue weighted by atomic mass is 9.93. The zero-order chi connectivity index (χ0) is 12.1. The lowest BCUT2D eigenvalue weighted by molar-refractivity contribution is 0.459. The summed E-state index contributed by atoms with van der Waals surface area (Å²) >= 11 is 0. The number of rotatable bonds is 5. The molecule has 90 valence electrons. The predicted octanol–water partition coefficient (Wildman–Crippen LogP) is 4.42. The van der Waals surface area contributed by atoms with E-state index in [9.17, 15) is 5.11 Å². The number of hydrogen-bond donors (Lipinski definition) is 1. The molecule has 0 amide bonds. The van der Waals surface area contributed by atoms with E-state index in [1.54, 1.807) is 0 Å². The van der Waals surface area contributed by atoms with Crippen molar-refractivity contribution in [2.24, 2.45) is 0 Å². The van der Waals surface area contributed by atoms with Gasteiger partial charge in [0.2, 0.25) is 0 Å². The maximum absolute atomic E-state index is 10.2. The number of phenolic OH excluding ortho intramolecular Hbond substituents is 1. The fourth-order valence-electron chi connectivity index (χ4n) is 2.04. The van der Waals surface area contributed by atoms with Gasteiger partial charge in [-0.1, -0.05) is 52.7 Å². The molecular weight excluding hydrogens is 196 g/mol. The summed E-state index contributed by atoms with van der Waals surface area (Å²) in [6, 6.07) is 4.34. The van der Waals surface area contributed by atoms with E-state index in [0.29, 0.717) is 11.7 Å². The van der Waals surface area contributed by atoms with Gasteiger partial charge in [-0.2, -0.15) is 0 Å². The lowest BCUT2D eigenvalue weighted by Crippen LogP contribution is -1.97. The molecule has 0 unspecified atom stereocenters. The highest BCUT2D eigenvalue weighted by atomic mass is 16.3. The third-order valence-corrected chi connectivity index (χ3v) is 3.00. The van der Waals surface area contributed by atoms with Crippen LogP contribution >= 0.6 is 0 Å². The smallest absolute Gasteiger partial charge is 0.121 e. The molecule has 0 heterocycles. The highest BCUT2D eigenvalue weighted by molar-refractivity contribution is 5.44. The fourth-order valence-corrected chi connectivity index (χ4v) is 2.04. The second-order valence-electron chi connectivity index (χ2n) is 4.84. The lowest BCUT2D eigenvalue weighted by Gasteiger charge is -2.14. The van der Waals surface area contributed by atoms with Gasteiger partial charge < -0.3 is 5.11 Å². The Morgan fingerprint density at radius 2 is 1.44 bits per heavy atom. The second kappa shape index (κ2) is 5.93. The molecule has 0 aromatic heterocycles. The molecule has 1 N–H and O–H groups in total. The Morgan fingerprint density at radius 3 is 1.75 bits per heavy atom. The van der Waals surface area contributed by atoms with Crippen molar-refractivity contribution in [1.29, 1.82) is 0 Å². The molecule has 1 aromatic rings. The molecule has 0 radical (unpaired) electrons. The van der Waals surface area contributed by atoms with Gasteiger partial charge >= 0.3 is 0 Å².